The third-order valence-electron chi connectivity index (χ3n) is 3.65. The summed E-state index contributed by atoms with van der Waals surface area (Å²) in [5, 5.41) is 3.44. The molecule has 0 bridgehead atoms. The number of nitrogens with two attached hydrogens (primary N) is 1. The summed E-state index contributed by atoms with van der Waals surface area (Å²) in [6.07, 6.45) is 4.79. The molecule has 0 aromatic heterocycles. The van der Waals surface area contributed by atoms with Gasteiger partial charge in [-0.2, -0.15) is 0 Å². The zero-order chi connectivity index (χ0) is 13.8. The number of rotatable bonds is 4. The number of nitrogens with one attached hydrogen (secondary N) is 1. The Bertz CT molecular complexity index is 476. The van der Waals surface area contributed by atoms with E-state index in [1.54, 1.807) is 12.1 Å². The molecule has 0 spiro atoms. The normalized spacial score (nSPS) is 22.7. The molecular weight excluding hydrogens is 236 g/mol. The molecule has 2 atom stereocenters. The average molecular weight is 258 g/mol. The van der Waals surface area contributed by atoms with Crippen molar-refractivity contribution in [1.82, 2.24) is 0 Å². The highest BCUT2D eigenvalue weighted by Crippen LogP contribution is 2.28. The van der Waals surface area contributed by atoms with Gasteiger partial charge in [0.2, 0.25) is 5.91 Å². The first kappa shape index (κ1) is 13.7. The Hall–Kier alpha value is -1.77. The van der Waals surface area contributed by atoms with E-state index in [4.69, 9.17) is 5.73 Å². The van der Waals surface area contributed by atoms with E-state index in [0.29, 0.717) is 17.4 Å². The SMILES string of the molecule is CC1=CC(C)CC(CNc2ccc(C(N)=O)cc2)C1. The molecule has 3 heteroatoms. The molecule has 1 aliphatic rings. The van der Waals surface area contributed by atoms with E-state index in [1.165, 1.54) is 18.4 Å². The van der Waals surface area contributed by atoms with Crippen molar-refractivity contribution in [3.05, 3.63) is 41.5 Å². The molecule has 19 heavy (non-hydrogen) atoms. The molecule has 0 radical (unpaired) electrons. The monoisotopic (exact) mass is 258 g/mol. The second-order valence-electron chi connectivity index (χ2n) is 5.62. The van der Waals surface area contributed by atoms with Crippen molar-refractivity contribution in [1.29, 1.82) is 0 Å². The molecule has 0 fully saturated rings. The number of carbonyl (C=O) groups is 1. The van der Waals surface area contributed by atoms with Gasteiger partial charge in [-0.15, -0.1) is 0 Å². The lowest BCUT2D eigenvalue weighted by Crippen LogP contribution is -2.20. The summed E-state index contributed by atoms with van der Waals surface area (Å²) in [6, 6.07) is 7.35. The van der Waals surface area contributed by atoms with Gasteiger partial charge in [0.25, 0.3) is 0 Å². The number of anilines is 1. The van der Waals surface area contributed by atoms with Gasteiger partial charge in [-0.1, -0.05) is 18.6 Å². The number of amides is 1. The summed E-state index contributed by atoms with van der Waals surface area (Å²) in [5.74, 6) is 0.988. The average Bonchev–Trinajstić information content (AvgIpc) is 2.36. The Balaban J connectivity index is 1.89. The fourth-order valence-corrected chi connectivity index (χ4v) is 2.86. The molecule has 0 aliphatic heterocycles. The minimum atomic E-state index is -0.381. The highest BCUT2D eigenvalue weighted by molar-refractivity contribution is 5.93. The third-order valence-corrected chi connectivity index (χ3v) is 3.65. The minimum absolute atomic E-state index is 0.381. The first-order valence-corrected chi connectivity index (χ1v) is 6.85. The third kappa shape index (κ3) is 3.85. The van der Waals surface area contributed by atoms with Gasteiger partial charge in [-0.05, 0) is 55.9 Å². The predicted octanol–water partition coefficient (Wildman–Crippen LogP) is 3.19. The van der Waals surface area contributed by atoms with E-state index in [0.717, 1.165) is 12.2 Å². The van der Waals surface area contributed by atoms with Crippen LogP contribution in [0.25, 0.3) is 0 Å². The summed E-state index contributed by atoms with van der Waals surface area (Å²) in [5.41, 5.74) is 8.31. The first-order chi connectivity index (χ1) is 9.04. The number of hydrogen-bond acceptors (Lipinski definition) is 2. The maximum absolute atomic E-state index is 11.0. The number of hydrogen-bond donors (Lipinski definition) is 2. The summed E-state index contributed by atoms with van der Waals surface area (Å²) in [4.78, 5) is 11.0. The van der Waals surface area contributed by atoms with Gasteiger partial charge < -0.3 is 11.1 Å². The summed E-state index contributed by atoms with van der Waals surface area (Å²) < 4.78 is 0. The molecule has 102 valence electrons. The van der Waals surface area contributed by atoms with Crippen LogP contribution in [0.3, 0.4) is 0 Å². The van der Waals surface area contributed by atoms with Gasteiger partial charge in [-0.25, -0.2) is 0 Å². The van der Waals surface area contributed by atoms with Gasteiger partial charge in [0.15, 0.2) is 0 Å². The molecule has 3 nitrogen and oxygen atoms in total. The van der Waals surface area contributed by atoms with Crippen molar-refractivity contribution < 1.29 is 4.79 Å². The van der Waals surface area contributed by atoms with Crippen LogP contribution in [0.5, 0.6) is 0 Å². The number of carbonyl (C=O) groups excluding carboxylic acids is 1. The van der Waals surface area contributed by atoms with Crippen LogP contribution in [0.1, 0.15) is 37.0 Å². The van der Waals surface area contributed by atoms with Crippen LogP contribution >= 0.6 is 0 Å². The predicted molar refractivity (Wildman–Crippen MR) is 79.1 cm³/mol. The minimum Gasteiger partial charge on any atom is -0.385 e. The van der Waals surface area contributed by atoms with E-state index in [-0.39, 0.29) is 5.91 Å². The van der Waals surface area contributed by atoms with Crippen molar-refractivity contribution in [3.63, 3.8) is 0 Å². The lowest BCUT2D eigenvalue weighted by Gasteiger charge is -2.26. The number of primary amides is 1. The van der Waals surface area contributed by atoms with E-state index in [9.17, 15) is 4.79 Å². The van der Waals surface area contributed by atoms with Crippen LogP contribution < -0.4 is 11.1 Å². The topological polar surface area (TPSA) is 55.1 Å². The fourth-order valence-electron chi connectivity index (χ4n) is 2.86. The van der Waals surface area contributed by atoms with Crippen molar-refractivity contribution in [2.75, 3.05) is 11.9 Å². The fraction of sp³-hybridized carbons (Fsp3) is 0.438. The summed E-state index contributed by atoms with van der Waals surface area (Å²) >= 11 is 0. The smallest absolute Gasteiger partial charge is 0.248 e. The Morgan fingerprint density at radius 3 is 2.63 bits per heavy atom. The molecule has 2 unspecified atom stereocenters. The Morgan fingerprint density at radius 1 is 1.37 bits per heavy atom. The van der Waals surface area contributed by atoms with E-state index in [1.807, 2.05) is 12.1 Å². The van der Waals surface area contributed by atoms with Gasteiger partial charge in [0, 0.05) is 17.8 Å². The standard InChI is InChI=1S/C16H22N2O/c1-11-7-12(2)9-13(8-11)10-18-15-5-3-14(4-6-15)16(17)19/h3-7,11,13,18H,8-10H2,1-2H3,(H2,17,19). The molecule has 1 aliphatic carbocycles. The first-order valence-electron chi connectivity index (χ1n) is 6.85. The Kier molecular flexibility index (Phi) is 4.25. The van der Waals surface area contributed by atoms with Crippen molar-refractivity contribution in [2.24, 2.45) is 17.6 Å². The van der Waals surface area contributed by atoms with Gasteiger partial charge >= 0.3 is 0 Å². The quantitative estimate of drug-likeness (QED) is 0.815. The Morgan fingerprint density at radius 2 is 2.05 bits per heavy atom. The summed E-state index contributed by atoms with van der Waals surface area (Å²) in [6.45, 7) is 5.47. The van der Waals surface area contributed by atoms with Crippen molar-refractivity contribution >= 4 is 11.6 Å². The largest absolute Gasteiger partial charge is 0.385 e. The molecule has 0 saturated carbocycles. The highest BCUT2D eigenvalue weighted by Gasteiger charge is 2.17. The number of allylic oxidation sites excluding steroid dienone is 2. The molecule has 0 heterocycles. The number of benzene rings is 1. The van der Waals surface area contributed by atoms with Crippen molar-refractivity contribution in [3.8, 4) is 0 Å². The van der Waals surface area contributed by atoms with Crippen LogP contribution in [0.2, 0.25) is 0 Å². The van der Waals surface area contributed by atoms with Crippen LogP contribution in [0, 0.1) is 11.8 Å². The zero-order valence-electron chi connectivity index (χ0n) is 11.6. The summed E-state index contributed by atoms with van der Waals surface area (Å²) in [7, 11) is 0. The van der Waals surface area contributed by atoms with Crippen LogP contribution in [-0.2, 0) is 0 Å². The Labute approximate surface area is 114 Å². The molecule has 3 N–H and O–H groups in total. The molecule has 0 saturated heterocycles. The molecular formula is C16H22N2O. The second-order valence-corrected chi connectivity index (χ2v) is 5.62. The molecule has 1 amide bonds. The van der Waals surface area contributed by atoms with Crippen LogP contribution in [0.15, 0.2) is 35.9 Å². The lowest BCUT2D eigenvalue weighted by atomic mass is 9.84. The lowest BCUT2D eigenvalue weighted by molar-refractivity contribution is 0.100. The highest BCUT2D eigenvalue weighted by atomic mass is 16.1. The molecule has 2 rings (SSSR count). The molecule has 1 aromatic carbocycles. The van der Waals surface area contributed by atoms with E-state index in [2.05, 4.69) is 25.2 Å². The van der Waals surface area contributed by atoms with Gasteiger partial charge in [-0.3, -0.25) is 4.79 Å². The van der Waals surface area contributed by atoms with Gasteiger partial charge in [0.05, 0.1) is 0 Å². The van der Waals surface area contributed by atoms with Crippen LogP contribution in [-0.4, -0.2) is 12.5 Å². The second kappa shape index (κ2) is 5.91. The van der Waals surface area contributed by atoms with E-state index < -0.39 is 0 Å². The van der Waals surface area contributed by atoms with Crippen LogP contribution in [0.4, 0.5) is 5.69 Å². The van der Waals surface area contributed by atoms with Gasteiger partial charge in [0.1, 0.15) is 0 Å². The maximum Gasteiger partial charge on any atom is 0.248 e. The maximum atomic E-state index is 11.0. The zero-order valence-corrected chi connectivity index (χ0v) is 11.6. The van der Waals surface area contributed by atoms with Crippen molar-refractivity contribution in [2.45, 2.75) is 26.7 Å². The molecule has 1 aromatic rings. The van der Waals surface area contributed by atoms with E-state index >= 15 is 0 Å².